The molecule has 29 heavy (non-hydrogen) atoms. The van der Waals surface area contributed by atoms with Gasteiger partial charge in [-0.25, -0.2) is 4.79 Å². The Labute approximate surface area is 172 Å². The number of halogens is 1. The minimum atomic E-state index is -0.666. The van der Waals surface area contributed by atoms with E-state index in [1.54, 1.807) is 28.0 Å². The molecular weight excluding hydrogens is 396 g/mol. The van der Waals surface area contributed by atoms with Crippen LogP contribution in [0, 0.1) is 5.92 Å². The van der Waals surface area contributed by atoms with Crippen LogP contribution in [0.4, 0.5) is 17.2 Å². The normalized spacial score (nSPS) is 19.7. The lowest BCUT2D eigenvalue weighted by molar-refractivity contribution is -0.140. The molecule has 2 aliphatic heterocycles. The number of aromatic amines is 1. The van der Waals surface area contributed by atoms with Gasteiger partial charge in [0.1, 0.15) is 11.7 Å². The van der Waals surface area contributed by atoms with Gasteiger partial charge >= 0.3 is 5.69 Å². The number of piperazine rings is 1. The molecule has 152 valence electrons. The number of benzene rings is 1. The van der Waals surface area contributed by atoms with Gasteiger partial charge in [-0.1, -0.05) is 17.7 Å². The predicted octanol–water partition coefficient (Wildman–Crippen LogP) is 0.707. The molecule has 0 bridgehead atoms. The van der Waals surface area contributed by atoms with E-state index in [2.05, 4.69) is 9.97 Å². The van der Waals surface area contributed by atoms with Crippen molar-refractivity contribution in [2.24, 2.45) is 5.92 Å². The number of nitrogen functional groups attached to an aromatic ring is 1. The Morgan fingerprint density at radius 2 is 1.93 bits per heavy atom. The van der Waals surface area contributed by atoms with E-state index in [0.29, 0.717) is 55.5 Å². The highest BCUT2D eigenvalue weighted by atomic mass is 35.5. The summed E-state index contributed by atoms with van der Waals surface area (Å²) in [6, 6.07) is 7.08. The quantitative estimate of drug-likeness (QED) is 0.712. The maximum Gasteiger partial charge on any atom is 0.346 e. The van der Waals surface area contributed by atoms with Gasteiger partial charge in [0.05, 0.1) is 11.9 Å². The van der Waals surface area contributed by atoms with Crippen molar-refractivity contribution in [1.82, 2.24) is 14.9 Å². The third-order valence-electron chi connectivity index (χ3n) is 5.38. The van der Waals surface area contributed by atoms with Gasteiger partial charge in [0.2, 0.25) is 11.8 Å². The minimum Gasteiger partial charge on any atom is -0.383 e. The topological polar surface area (TPSA) is 116 Å². The van der Waals surface area contributed by atoms with Gasteiger partial charge in [-0.2, -0.15) is 4.98 Å². The van der Waals surface area contributed by atoms with Gasteiger partial charge in [0, 0.05) is 43.4 Å². The molecule has 2 amide bonds. The molecule has 3 N–H and O–H groups in total. The number of nitrogens with two attached hydrogens (primary N) is 1. The lowest BCUT2D eigenvalue weighted by atomic mass is 10.1. The zero-order valence-corrected chi connectivity index (χ0v) is 16.4. The van der Waals surface area contributed by atoms with Crippen LogP contribution in [0.15, 0.2) is 35.3 Å². The summed E-state index contributed by atoms with van der Waals surface area (Å²) in [5.74, 6) is -0.742. The third kappa shape index (κ3) is 3.77. The van der Waals surface area contributed by atoms with E-state index in [9.17, 15) is 14.4 Å². The van der Waals surface area contributed by atoms with Crippen LogP contribution in [0.5, 0.6) is 0 Å². The van der Waals surface area contributed by atoms with Gasteiger partial charge in [-0.05, 0) is 24.6 Å². The van der Waals surface area contributed by atoms with Crippen molar-refractivity contribution in [2.45, 2.75) is 6.42 Å². The molecule has 3 heterocycles. The molecule has 9 nitrogen and oxygen atoms in total. The van der Waals surface area contributed by atoms with Crippen LogP contribution in [0.1, 0.15) is 6.42 Å². The number of nitrogens with one attached hydrogen (secondary N) is 1. The molecule has 0 radical (unpaired) electrons. The van der Waals surface area contributed by atoms with Crippen LogP contribution in [0.3, 0.4) is 0 Å². The standard InChI is InChI=1S/C19H21ClN6O3/c20-12-2-1-3-13(10-12)26-5-4-14(18(26)28)17(27)25-8-6-24(7-9-25)15-11-22-19(29)23-16(15)21/h1-3,10-11,14H,4-9H2,(H3,21,22,23,29). The molecule has 0 saturated carbocycles. The lowest BCUT2D eigenvalue weighted by Crippen LogP contribution is -2.51. The monoisotopic (exact) mass is 416 g/mol. The molecule has 10 heteroatoms. The summed E-state index contributed by atoms with van der Waals surface area (Å²) < 4.78 is 0. The van der Waals surface area contributed by atoms with Crippen molar-refractivity contribution in [3.63, 3.8) is 0 Å². The number of carbonyl (C=O) groups excluding carboxylic acids is 2. The van der Waals surface area contributed by atoms with Gasteiger partial charge in [-0.15, -0.1) is 0 Å². The molecule has 2 aliphatic rings. The fourth-order valence-electron chi connectivity index (χ4n) is 3.85. The van der Waals surface area contributed by atoms with Crippen molar-refractivity contribution >= 4 is 40.6 Å². The molecular formula is C19H21ClN6O3. The molecule has 0 aliphatic carbocycles. The maximum atomic E-state index is 13.0. The SMILES string of the molecule is Nc1[nH]c(=O)ncc1N1CCN(C(=O)C2CCN(c3cccc(Cl)c3)C2=O)CC1. The summed E-state index contributed by atoms with van der Waals surface area (Å²) in [6.45, 7) is 2.52. The van der Waals surface area contributed by atoms with Gasteiger partial charge in [0.15, 0.2) is 0 Å². The van der Waals surface area contributed by atoms with Crippen LogP contribution >= 0.6 is 11.6 Å². The molecule has 1 unspecified atom stereocenters. The summed E-state index contributed by atoms with van der Waals surface area (Å²) >= 11 is 6.02. The van der Waals surface area contributed by atoms with Gasteiger partial charge in [0.25, 0.3) is 0 Å². The first-order valence-corrected chi connectivity index (χ1v) is 9.77. The number of nitrogens with zero attached hydrogens (tertiary/aromatic N) is 4. The van der Waals surface area contributed by atoms with Crippen LogP contribution in [-0.4, -0.2) is 59.4 Å². The largest absolute Gasteiger partial charge is 0.383 e. The van der Waals surface area contributed by atoms with Crippen molar-refractivity contribution in [3.05, 3.63) is 46.0 Å². The van der Waals surface area contributed by atoms with Crippen LogP contribution < -0.4 is 21.2 Å². The van der Waals surface area contributed by atoms with Crippen molar-refractivity contribution in [2.75, 3.05) is 48.3 Å². The summed E-state index contributed by atoms with van der Waals surface area (Å²) in [5, 5.41) is 0.553. The number of carbonyl (C=O) groups is 2. The Hall–Kier alpha value is -3.07. The second kappa shape index (κ2) is 7.75. The van der Waals surface area contributed by atoms with Crippen LogP contribution in [0.2, 0.25) is 5.02 Å². The highest BCUT2D eigenvalue weighted by molar-refractivity contribution is 6.31. The Morgan fingerprint density at radius 1 is 1.17 bits per heavy atom. The second-order valence-electron chi connectivity index (χ2n) is 7.11. The molecule has 4 rings (SSSR count). The fraction of sp³-hybridized carbons (Fsp3) is 0.368. The Morgan fingerprint density at radius 3 is 2.62 bits per heavy atom. The molecule has 1 aromatic carbocycles. The van der Waals surface area contributed by atoms with E-state index in [0.717, 1.165) is 0 Å². The first kappa shape index (κ1) is 19.3. The second-order valence-corrected chi connectivity index (χ2v) is 7.55. The molecule has 1 atom stereocenters. The summed E-state index contributed by atoms with van der Waals surface area (Å²) in [5.41, 5.74) is 6.72. The Kier molecular flexibility index (Phi) is 5.14. The first-order chi connectivity index (χ1) is 13.9. The number of hydrogen-bond donors (Lipinski definition) is 2. The number of hydrogen-bond acceptors (Lipinski definition) is 6. The number of H-pyrrole nitrogens is 1. The lowest BCUT2D eigenvalue weighted by Gasteiger charge is -2.37. The Balaban J connectivity index is 1.40. The zero-order valence-electron chi connectivity index (χ0n) is 15.7. The van der Waals surface area contributed by atoms with E-state index in [4.69, 9.17) is 17.3 Å². The van der Waals surface area contributed by atoms with E-state index in [1.165, 1.54) is 6.20 Å². The predicted molar refractivity (Wildman–Crippen MR) is 110 cm³/mol. The highest BCUT2D eigenvalue weighted by Gasteiger charge is 2.40. The van der Waals surface area contributed by atoms with Gasteiger partial charge in [-0.3, -0.25) is 14.6 Å². The minimum absolute atomic E-state index is 0.147. The van der Waals surface area contributed by atoms with Crippen molar-refractivity contribution in [3.8, 4) is 0 Å². The van der Waals surface area contributed by atoms with E-state index in [-0.39, 0.29) is 17.6 Å². The smallest absolute Gasteiger partial charge is 0.346 e. The summed E-state index contributed by atoms with van der Waals surface area (Å²) in [4.78, 5) is 48.5. The fourth-order valence-corrected chi connectivity index (χ4v) is 4.03. The van der Waals surface area contributed by atoms with Gasteiger partial charge < -0.3 is 20.4 Å². The van der Waals surface area contributed by atoms with E-state index >= 15 is 0 Å². The molecule has 2 saturated heterocycles. The molecule has 2 aromatic rings. The summed E-state index contributed by atoms with van der Waals surface area (Å²) in [6.07, 6.45) is 1.93. The number of aromatic nitrogens is 2. The Bertz CT molecular complexity index is 1000. The number of rotatable bonds is 3. The van der Waals surface area contributed by atoms with Crippen LogP contribution in [-0.2, 0) is 9.59 Å². The third-order valence-corrected chi connectivity index (χ3v) is 5.61. The van der Waals surface area contributed by atoms with Crippen molar-refractivity contribution < 1.29 is 9.59 Å². The zero-order chi connectivity index (χ0) is 20.5. The van der Waals surface area contributed by atoms with E-state index in [1.807, 2.05) is 11.0 Å². The average molecular weight is 417 g/mol. The number of amides is 2. The molecule has 0 spiro atoms. The first-order valence-electron chi connectivity index (χ1n) is 9.39. The molecule has 2 fully saturated rings. The summed E-state index contributed by atoms with van der Waals surface area (Å²) in [7, 11) is 0. The van der Waals surface area contributed by atoms with Crippen LogP contribution in [0.25, 0.3) is 0 Å². The average Bonchev–Trinajstić information content (AvgIpc) is 3.09. The van der Waals surface area contributed by atoms with Crippen molar-refractivity contribution in [1.29, 1.82) is 0 Å². The maximum absolute atomic E-state index is 13.0. The highest BCUT2D eigenvalue weighted by Crippen LogP contribution is 2.29. The van der Waals surface area contributed by atoms with E-state index < -0.39 is 11.6 Å². The molecule has 1 aromatic heterocycles. The number of anilines is 3.